The number of aryl methyl sites for hydroxylation is 2. The quantitative estimate of drug-likeness (QED) is 0.537. The van der Waals surface area contributed by atoms with E-state index in [2.05, 4.69) is 13.5 Å². The second-order valence-electron chi connectivity index (χ2n) is 5.73. The first kappa shape index (κ1) is 18.0. The first-order valence-electron chi connectivity index (χ1n) is 8.25. The molecule has 2 aromatic rings. The average Bonchev–Trinajstić information content (AvgIpc) is 2.54. The second-order valence-corrected chi connectivity index (χ2v) is 5.73. The summed E-state index contributed by atoms with van der Waals surface area (Å²) in [6.07, 6.45) is 3.89. The predicted octanol–water partition coefficient (Wildman–Crippen LogP) is 4.25. The lowest BCUT2D eigenvalue weighted by Crippen LogP contribution is -2.14. The summed E-state index contributed by atoms with van der Waals surface area (Å²) in [5.41, 5.74) is 3.53. The molecular weight excluding hydrogens is 302 g/mol. The Bertz CT molecular complexity index is 736. The van der Waals surface area contributed by atoms with Crippen LogP contribution in [0.5, 0.6) is 5.75 Å². The second kappa shape index (κ2) is 8.50. The van der Waals surface area contributed by atoms with E-state index in [4.69, 9.17) is 9.47 Å². The van der Waals surface area contributed by atoms with Gasteiger partial charge < -0.3 is 14.0 Å². The topological polar surface area (TPSA) is 40.5 Å². The van der Waals surface area contributed by atoms with E-state index in [1.807, 2.05) is 36.6 Å². The summed E-state index contributed by atoms with van der Waals surface area (Å²) >= 11 is 0. The van der Waals surface area contributed by atoms with Crippen molar-refractivity contribution in [1.29, 1.82) is 0 Å². The molecule has 0 atom stereocenters. The smallest absolute Gasteiger partial charge is 0.189 e. The largest absolute Gasteiger partial charge is 0.465 e. The van der Waals surface area contributed by atoms with Crippen molar-refractivity contribution in [3.63, 3.8) is 0 Å². The summed E-state index contributed by atoms with van der Waals surface area (Å²) in [7, 11) is 0. The molecule has 24 heavy (non-hydrogen) atoms. The zero-order valence-electron chi connectivity index (χ0n) is 14.7. The van der Waals surface area contributed by atoms with E-state index < -0.39 is 0 Å². The van der Waals surface area contributed by atoms with Gasteiger partial charge in [-0.15, -0.1) is 0 Å². The Labute approximate surface area is 143 Å². The molecule has 0 radical (unpaired) electrons. The van der Waals surface area contributed by atoms with Crippen LogP contribution in [0.15, 0.2) is 41.7 Å². The third-order valence-electron chi connectivity index (χ3n) is 3.82. The molecule has 0 aliphatic carbocycles. The molecule has 0 N–H and O–H groups in total. The highest BCUT2D eigenvalue weighted by atomic mass is 16.7. The van der Waals surface area contributed by atoms with Gasteiger partial charge in [-0.05, 0) is 26.3 Å². The molecule has 2 rings (SSSR count). The van der Waals surface area contributed by atoms with Gasteiger partial charge in [-0.25, -0.2) is 0 Å². The van der Waals surface area contributed by atoms with Crippen LogP contribution in [0.4, 0.5) is 0 Å². The highest BCUT2D eigenvalue weighted by molar-refractivity contribution is 5.66. The third kappa shape index (κ3) is 4.15. The molecule has 0 aliphatic heterocycles. The maximum Gasteiger partial charge on any atom is 0.189 e. The van der Waals surface area contributed by atoms with Crippen molar-refractivity contribution in [1.82, 2.24) is 4.57 Å². The number of pyridine rings is 1. The number of ether oxygens (including phenoxy) is 2. The summed E-state index contributed by atoms with van der Waals surface area (Å²) < 4.78 is 13.4. The summed E-state index contributed by atoms with van der Waals surface area (Å²) in [5.74, 6) is 0.707. The Balaban J connectivity index is 2.41. The maximum absolute atomic E-state index is 11.7. The summed E-state index contributed by atoms with van der Waals surface area (Å²) in [5, 5.41) is 0. The Kier molecular flexibility index (Phi) is 6.38. The first-order valence-corrected chi connectivity index (χ1v) is 8.25. The van der Waals surface area contributed by atoms with Gasteiger partial charge in [0.1, 0.15) is 5.75 Å². The monoisotopic (exact) mass is 327 g/mol. The number of para-hydroxylation sites is 1. The molecule has 0 fully saturated rings. The zero-order valence-corrected chi connectivity index (χ0v) is 14.7. The van der Waals surface area contributed by atoms with Gasteiger partial charge in [0, 0.05) is 29.1 Å². The highest BCUT2D eigenvalue weighted by Gasteiger charge is 2.13. The van der Waals surface area contributed by atoms with Crippen molar-refractivity contribution in [2.24, 2.45) is 0 Å². The molecule has 0 aliphatic rings. The molecule has 4 heteroatoms. The maximum atomic E-state index is 11.7. The first-order chi connectivity index (χ1) is 11.6. The minimum absolute atomic E-state index is 0.00250. The van der Waals surface area contributed by atoms with Crippen molar-refractivity contribution >= 4 is 6.08 Å². The van der Waals surface area contributed by atoms with E-state index in [0.29, 0.717) is 12.4 Å². The fourth-order valence-corrected chi connectivity index (χ4v) is 2.68. The number of unbranched alkanes of at least 4 members (excludes halogenated alkanes) is 1. The molecule has 128 valence electrons. The van der Waals surface area contributed by atoms with Gasteiger partial charge in [0.2, 0.25) is 0 Å². The van der Waals surface area contributed by atoms with Crippen LogP contribution in [-0.2, 0) is 4.74 Å². The summed E-state index contributed by atoms with van der Waals surface area (Å²) in [6, 6.07) is 9.05. The lowest BCUT2D eigenvalue weighted by atomic mass is 10.1. The van der Waals surface area contributed by atoms with Crippen molar-refractivity contribution < 1.29 is 9.47 Å². The standard InChI is InChI=1S/C20H25NO3/c1-5-7-11-23-14-24-19-10-8-9-17(6-2)20(19)21-15(3)12-18(22)13-16(21)4/h6,8-10,12-13H,2,5,7,11,14H2,1,3-4H3. The van der Waals surface area contributed by atoms with Crippen LogP contribution in [0.25, 0.3) is 11.8 Å². The number of benzene rings is 1. The van der Waals surface area contributed by atoms with E-state index >= 15 is 0 Å². The number of hydrogen-bond acceptors (Lipinski definition) is 3. The van der Waals surface area contributed by atoms with Crippen molar-refractivity contribution in [3.05, 3.63) is 64.1 Å². The highest BCUT2D eigenvalue weighted by Crippen LogP contribution is 2.29. The molecule has 0 saturated carbocycles. The van der Waals surface area contributed by atoms with Crippen LogP contribution in [0.1, 0.15) is 36.7 Å². The lowest BCUT2D eigenvalue weighted by molar-refractivity contribution is 0.0140. The van der Waals surface area contributed by atoms with Crippen LogP contribution in [-0.4, -0.2) is 18.0 Å². The SMILES string of the molecule is C=Cc1cccc(OCOCCCC)c1-n1c(C)cc(=O)cc1C. The van der Waals surface area contributed by atoms with E-state index in [0.717, 1.165) is 35.5 Å². The number of rotatable bonds is 8. The fraction of sp³-hybridized carbons (Fsp3) is 0.350. The lowest BCUT2D eigenvalue weighted by Gasteiger charge is -2.20. The Hall–Kier alpha value is -2.33. The minimum atomic E-state index is 0.00250. The van der Waals surface area contributed by atoms with Crippen LogP contribution >= 0.6 is 0 Å². The number of hydrogen-bond donors (Lipinski definition) is 0. The van der Waals surface area contributed by atoms with Crippen LogP contribution in [0.3, 0.4) is 0 Å². The molecule has 4 nitrogen and oxygen atoms in total. The molecule has 0 unspecified atom stereocenters. The van der Waals surface area contributed by atoms with Gasteiger partial charge in [0.25, 0.3) is 0 Å². The number of nitrogens with zero attached hydrogens (tertiary/aromatic N) is 1. The van der Waals surface area contributed by atoms with E-state index in [-0.39, 0.29) is 12.2 Å². The molecule has 0 spiro atoms. The van der Waals surface area contributed by atoms with Crippen LogP contribution in [0, 0.1) is 13.8 Å². The molecule has 0 amide bonds. The van der Waals surface area contributed by atoms with Gasteiger partial charge in [-0.2, -0.15) is 0 Å². The van der Waals surface area contributed by atoms with Gasteiger partial charge in [0.15, 0.2) is 12.2 Å². The van der Waals surface area contributed by atoms with Crippen molar-refractivity contribution in [2.75, 3.05) is 13.4 Å². The van der Waals surface area contributed by atoms with E-state index in [9.17, 15) is 4.79 Å². The molecule has 0 bridgehead atoms. The Morgan fingerprint density at radius 3 is 2.54 bits per heavy atom. The van der Waals surface area contributed by atoms with Gasteiger partial charge >= 0.3 is 0 Å². The third-order valence-corrected chi connectivity index (χ3v) is 3.82. The van der Waals surface area contributed by atoms with Crippen molar-refractivity contribution in [2.45, 2.75) is 33.6 Å². The van der Waals surface area contributed by atoms with Crippen LogP contribution in [0.2, 0.25) is 0 Å². The normalized spacial score (nSPS) is 10.6. The minimum Gasteiger partial charge on any atom is -0.465 e. The van der Waals surface area contributed by atoms with Gasteiger partial charge in [-0.1, -0.05) is 38.1 Å². The van der Waals surface area contributed by atoms with Gasteiger partial charge in [0.05, 0.1) is 12.3 Å². The fourth-order valence-electron chi connectivity index (χ4n) is 2.68. The Morgan fingerprint density at radius 2 is 1.92 bits per heavy atom. The summed E-state index contributed by atoms with van der Waals surface area (Å²) in [6.45, 7) is 10.7. The molecular formula is C20H25NO3. The average molecular weight is 327 g/mol. The predicted molar refractivity (Wildman–Crippen MR) is 98.0 cm³/mol. The number of aromatic nitrogens is 1. The Morgan fingerprint density at radius 1 is 1.21 bits per heavy atom. The van der Waals surface area contributed by atoms with E-state index in [1.54, 1.807) is 18.2 Å². The molecule has 0 saturated heterocycles. The molecule has 1 heterocycles. The summed E-state index contributed by atoms with van der Waals surface area (Å²) in [4.78, 5) is 11.7. The van der Waals surface area contributed by atoms with Gasteiger partial charge in [-0.3, -0.25) is 4.79 Å². The zero-order chi connectivity index (χ0) is 17.5. The molecule has 1 aromatic carbocycles. The van der Waals surface area contributed by atoms with E-state index in [1.165, 1.54) is 0 Å². The molecule has 1 aromatic heterocycles. The van der Waals surface area contributed by atoms with Crippen LogP contribution < -0.4 is 10.2 Å². The van der Waals surface area contributed by atoms with Crippen molar-refractivity contribution in [3.8, 4) is 11.4 Å².